The lowest BCUT2D eigenvalue weighted by Gasteiger charge is -2.17. The highest BCUT2D eigenvalue weighted by Crippen LogP contribution is 2.35. The van der Waals surface area contributed by atoms with Crippen LogP contribution in [0, 0.1) is 0 Å². The van der Waals surface area contributed by atoms with Gasteiger partial charge in [0.15, 0.2) is 0 Å². The lowest BCUT2D eigenvalue weighted by molar-refractivity contribution is 0.475. The molecule has 0 bridgehead atoms. The highest BCUT2D eigenvalue weighted by Gasteiger charge is 2.12. The van der Waals surface area contributed by atoms with Crippen molar-refractivity contribution in [3.05, 3.63) is 23.2 Å². The van der Waals surface area contributed by atoms with Crippen LogP contribution in [0.2, 0.25) is 5.02 Å². The van der Waals surface area contributed by atoms with Gasteiger partial charge < -0.3 is 5.11 Å². The molecule has 0 spiro atoms. The van der Waals surface area contributed by atoms with Crippen molar-refractivity contribution >= 4 is 23.4 Å². The minimum Gasteiger partial charge on any atom is -0.506 e. The molecule has 0 aliphatic carbocycles. The first-order valence-electron chi connectivity index (χ1n) is 4.06. The van der Waals surface area contributed by atoms with Gasteiger partial charge in [0.1, 0.15) is 5.75 Å². The number of aromatic hydroxyl groups is 1. The molecule has 1 N–H and O–H groups in total. The number of hydrogen-bond donors (Lipinski definition) is 1. The Bertz CT molecular complexity index is 304. The summed E-state index contributed by atoms with van der Waals surface area (Å²) in [6.45, 7) is 6.41. The molecule has 0 amide bonds. The Morgan fingerprint density at radius 2 is 1.92 bits per heavy atom. The van der Waals surface area contributed by atoms with Crippen LogP contribution in [0.4, 0.5) is 0 Å². The van der Waals surface area contributed by atoms with E-state index in [9.17, 15) is 5.11 Å². The van der Waals surface area contributed by atoms with Crippen LogP contribution in [-0.4, -0.2) is 9.85 Å². The Balaban J connectivity index is 2.86. The Morgan fingerprint density at radius 1 is 1.31 bits per heavy atom. The van der Waals surface area contributed by atoms with Gasteiger partial charge in [-0.05, 0) is 18.2 Å². The predicted molar refractivity (Wildman–Crippen MR) is 58.7 cm³/mol. The van der Waals surface area contributed by atoms with Crippen LogP contribution >= 0.6 is 23.4 Å². The van der Waals surface area contributed by atoms with Gasteiger partial charge in [0, 0.05) is 9.64 Å². The van der Waals surface area contributed by atoms with E-state index >= 15 is 0 Å². The van der Waals surface area contributed by atoms with E-state index in [0.717, 1.165) is 4.90 Å². The zero-order chi connectivity index (χ0) is 10.1. The van der Waals surface area contributed by atoms with Crippen molar-refractivity contribution in [3.63, 3.8) is 0 Å². The Morgan fingerprint density at radius 3 is 2.38 bits per heavy atom. The third-order valence-corrected chi connectivity index (χ3v) is 2.75. The highest BCUT2D eigenvalue weighted by atomic mass is 35.5. The summed E-state index contributed by atoms with van der Waals surface area (Å²) < 4.78 is 0.167. The van der Waals surface area contributed by atoms with E-state index in [1.165, 1.54) is 0 Å². The smallest absolute Gasteiger partial charge is 0.134 e. The fraction of sp³-hybridized carbons (Fsp3) is 0.400. The molecule has 0 heterocycles. The van der Waals surface area contributed by atoms with Crippen LogP contribution in [0.15, 0.2) is 23.1 Å². The number of halogens is 1. The third-order valence-electron chi connectivity index (χ3n) is 1.34. The fourth-order valence-corrected chi connectivity index (χ4v) is 2.17. The summed E-state index contributed by atoms with van der Waals surface area (Å²) >= 11 is 7.51. The van der Waals surface area contributed by atoms with Crippen molar-refractivity contribution < 1.29 is 5.11 Å². The van der Waals surface area contributed by atoms with E-state index in [4.69, 9.17) is 11.6 Å². The Kier molecular flexibility index (Phi) is 3.14. The standard InChI is InChI=1S/C10H13ClOS/c1-10(2,3)13-7-4-5-9(12)8(11)6-7/h4-6,12H,1-3H3. The largest absolute Gasteiger partial charge is 0.506 e. The second kappa shape index (κ2) is 3.81. The van der Waals surface area contributed by atoms with E-state index in [0.29, 0.717) is 5.02 Å². The molecule has 0 fully saturated rings. The average Bonchev–Trinajstić information content (AvgIpc) is 1.94. The molecular weight excluding hydrogens is 204 g/mol. The molecule has 0 aliphatic heterocycles. The van der Waals surface area contributed by atoms with E-state index in [-0.39, 0.29) is 10.5 Å². The van der Waals surface area contributed by atoms with Crippen molar-refractivity contribution in [2.75, 3.05) is 0 Å². The topological polar surface area (TPSA) is 20.2 Å². The SMILES string of the molecule is CC(C)(C)Sc1ccc(O)c(Cl)c1. The molecule has 0 atom stereocenters. The Hall–Kier alpha value is -0.340. The first kappa shape index (κ1) is 10.7. The van der Waals surface area contributed by atoms with Gasteiger partial charge in [-0.3, -0.25) is 0 Å². The van der Waals surface area contributed by atoms with E-state index < -0.39 is 0 Å². The molecule has 0 unspecified atom stereocenters. The summed E-state index contributed by atoms with van der Waals surface area (Å²) in [5.41, 5.74) is 0. The lowest BCUT2D eigenvalue weighted by Crippen LogP contribution is -2.06. The van der Waals surface area contributed by atoms with Gasteiger partial charge in [0.2, 0.25) is 0 Å². The first-order chi connectivity index (χ1) is 5.88. The second-order valence-electron chi connectivity index (χ2n) is 3.83. The van der Waals surface area contributed by atoms with Crippen molar-refractivity contribution in [1.82, 2.24) is 0 Å². The molecule has 1 rings (SSSR count). The minimum atomic E-state index is 0.139. The molecule has 0 saturated heterocycles. The van der Waals surface area contributed by atoms with Crippen molar-refractivity contribution in [2.24, 2.45) is 0 Å². The number of hydrogen-bond acceptors (Lipinski definition) is 2. The minimum absolute atomic E-state index is 0.139. The summed E-state index contributed by atoms with van der Waals surface area (Å²) in [7, 11) is 0. The molecule has 0 aliphatic rings. The number of phenols is 1. The van der Waals surface area contributed by atoms with Gasteiger partial charge in [-0.15, -0.1) is 11.8 Å². The van der Waals surface area contributed by atoms with Crippen LogP contribution in [-0.2, 0) is 0 Å². The van der Waals surface area contributed by atoms with Crippen molar-refractivity contribution in [3.8, 4) is 5.75 Å². The molecule has 1 aromatic rings. The van der Waals surface area contributed by atoms with E-state index in [1.54, 1.807) is 23.9 Å². The number of rotatable bonds is 1. The van der Waals surface area contributed by atoms with Gasteiger partial charge in [0.25, 0.3) is 0 Å². The van der Waals surface area contributed by atoms with Crippen molar-refractivity contribution in [1.29, 1.82) is 0 Å². The van der Waals surface area contributed by atoms with Gasteiger partial charge >= 0.3 is 0 Å². The first-order valence-corrected chi connectivity index (χ1v) is 5.25. The number of benzene rings is 1. The molecule has 13 heavy (non-hydrogen) atoms. The summed E-state index contributed by atoms with van der Waals surface area (Å²) in [5, 5.41) is 9.61. The van der Waals surface area contributed by atoms with Gasteiger partial charge in [-0.2, -0.15) is 0 Å². The van der Waals surface area contributed by atoms with Gasteiger partial charge in [-0.1, -0.05) is 32.4 Å². The van der Waals surface area contributed by atoms with Gasteiger partial charge in [-0.25, -0.2) is 0 Å². The maximum absolute atomic E-state index is 9.20. The van der Waals surface area contributed by atoms with E-state index in [2.05, 4.69) is 20.8 Å². The van der Waals surface area contributed by atoms with Crippen LogP contribution in [0.3, 0.4) is 0 Å². The second-order valence-corrected chi connectivity index (χ2v) is 6.14. The fourth-order valence-electron chi connectivity index (χ4n) is 0.905. The highest BCUT2D eigenvalue weighted by molar-refractivity contribution is 8.00. The molecule has 0 saturated carbocycles. The lowest BCUT2D eigenvalue weighted by atomic mass is 10.3. The van der Waals surface area contributed by atoms with E-state index in [1.807, 2.05) is 6.07 Å². The molecule has 1 nitrogen and oxygen atoms in total. The van der Waals surface area contributed by atoms with Gasteiger partial charge in [0.05, 0.1) is 5.02 Å². The van der Waals surface area contributed by atoms with Crippen LogP contribution in [0.5, 0.6) is 5.75 Å². The quantitative estimate of drug-likeness (QED) is 0.718. The normalized spacial score (nSPS) is 11.7. The maximum Gasteiger partial charge on any atom is 0.134 e. The Labute approximate surface area is 88.1 Å². The van der Waals surface area contributed by atoms with Crippen LogP contribution < -0.4 is 0 Å². The zero-order valence-corrected chi connectivity index (χ0v) is 9.54. The number of thioether (sulfide) groups is 1. The molecule has 1 aromatic carbocycles. The molecule has 72 valence electrons. The number of phenolic OH excluding ortho intramolecular Hbond substituents is 1. The summed E-state index contributed by atoms with van der Waals surface area (Å²) in [4.78, 5) is 1.08. The van der Waals surface area contributed by atoms with Crippen LogP contribution in [0.1, 0.15) is 20.8 Å². The van der Waals surface area contributed by atoms with Crippen LogP contribution in [0.25, 0.3) is 0 Å². The molecule has 3 heteroatoms. The zero-order valence-electron chi connectivity index (χ0n) is 7.97. The summed E-state index contributed by atoms with van der Waals surface area (Å²) in [6, 6.07) is 5.28. The third kappa shape index (κ3) is 3.49. The molecular formula is C10H13ClOS. The predicted octanol–water partition coefficient (Wildman–Crippen LogP) is 3.94. The summed E-state index contributed by atoms with van der Waals surface area (Å²) in [6.07, 6.45) is 0. The monoisotopic (exact) mass is 216 g/mol. The molecule has 0 radical (unpaired) electrons. The van der Waals surface area contributed by atoms with Crippen molar-refractivity contribution in [2.45, 2.75) is 30.4 Å². The average molecular weight is 217 g/mol. The summed E-state index contributed by atoms with van der Waals surface area (Å²) in [5.74, 6) is 0.139. The molecule has 0 aromatic heterocycles. The maximum atomic E-state index is 9.20.